The predicted molar refractivity (Wildman–Crippen MR) is 81.3 cm³/mol. The van der Waals surface area contributed by atoms with Crippen LogP contribution in [0.25, 0.3) is 0 Å². The lowest BCUT2D eigenvalue weighted by Crippen LogP contribution is -2.40. The fraction of sp³-hybridized carbons (Fsp3) is 0.467. The topological polar surface area (TPSA) is 66.8 Å². The van der Waals surface area contributed by atoms with Crippen LogP contribution in [0.3, 0.4) is 0 Å². The number of likely N-dealkylation sites (tertiary alicyclic amines) is 1. The summed E-state index contributed by atoms with van der Waals surface area (Å²) in [5.74, 6) is -1.06. The SMILES string of the molecule is COCC1(C(=O)O)CCN(C(=O)c2ccc(C)c(Br)c2)C1. The van der Waals surface area contributed by atoms with Crippen molar-refractivity contribution in [3.05, 3.63) is 33.8 Å². The Morgan fingerprint density at radius 3 is 2.76 bits per heavy atom. The fourth-order valence-corrected chi connectivity index (χ4v) is 2.96. The van der Waals surface area contributed by atoms with E-state index in [0.29, 0.717) is 18.5 Å². The lowest BCUT2D eigenvalue weighted by molar-refractivity contribution is -0.151. The molecule has 0 aromatic heterocycles. The minimum atomic E-state index is -0.994. The van der Waals surface area contributed by atoms with Gasteiger partial charge in [-0.3, -0.25) is 9.59 Å². The number of amides is 1. The Bertz CT molecular complexity index is 575. The van der Waals surface area contributed by atoms with E-state index in [-0.39, 0.29) is 19.1 Å². The van der Waals surface area contributed by atoms with Crippen LogP contribution >= 0.6 is 15.9 Å². The molecule has 1 aromatic carbocycles. The number of ether oxygens (including phenoxy) is 1. The van der Waals surface area contributed by atoms with Crippen LogP contribution in [0.1, 0.15) is 22.3 Å². The van der Waals surface area contributed by atoms with Crippen LogP contribution in [-0.2, 0) is 9.53 Å². The molecular weight excluding hydrogens is 338 g/mol. The first-order valence-corrected chi connectivity index (χ1v) is 7.47. The maximum absolute atomic E-state index is 12.5. The van der Waals surface area contributed by atoms with Crippen molar-refractivity contribution >= 4 is 27.8 Å². The molecule has 114 valence electrons. The minimum Gasteiger partial charge on any atom is -0.481 e. The van der Waals surface area contributed by atoms with Gasteiger partial charge in [-0.05, 0) is 31.0 Å². The van der Waals surface area contributed by atoms with Gasteiger partial charge in [-0.25, -0.2) is 0 Å². The van der Waals surface area contributed by atoms with E-state index in [1.54, 1.807) is 17.0 Å². The number of aliphatic carboxylic acids is 1. The number of carbonyl (C=O) groups is 2. The number of benzene rings is 1. The number of hydrogen-bond acceptors (Lipinski definition) is 3. The molecule has 1 unspecified atom stereocenters. The van der Waals surface area contributed by atoms with Gasteiger partial charge in [0.2, 0.25) is 0 Å². The lowest BCUT2D eigenvalue weighted by Gasteiger charge is -2.24. The second-order valence-electron chi connectivity index (χ2n) is 5.46. The standard InChI is InChI=1S/C15H18BrNO4/c1-10-3-4-11(7-12(10)16)13(18)17-6-5-15(8-17,9-21-2)14(19)20/h3-4,7H,5-6,8-9H2,1-2H3,(H,19,20). The van der Waals surface area contributed by atoms with Crippen LogP contribution in [0, 0.1) is 12.3 Å². The number of carbonyl (C=O) groups excluding carboxylic acids is 1. The summed E-state index contributed by atoms with van der Waals surface area (Å²) in [5.41, 5.74) is 0.616. The molecule has 5 nitrogen and oxygen atoms in total. The molecule has 0 spiro atoms. The van der Waals surface area contributed by atoms with Crippen LogP contribution in [0.15, 0.2) is 22.7 Å². The zero-order chi connectivity index (χ0) is 15.6. The molecule has 21 heavy (non-hydrogen) atoms. The average Bonchev–Trinajstić information content (AvgIpc) is 2.87. The average molecular weight is 356 g/mol. The van der Waals surface area contributed by atoms with Gasteiger partial charge < -0.3 is 14.7 Å². The highest BCUT2D eigenvalue weighted by atomic mass is 79.9. The second kappa shape index (κ2) is 6.15. The van der Waals surface area contributed by atoms with E-state index < -0.39 is 11.4 Å². The van der Waals surface area contributed by atoms with Crippen molar-refractivity contribution in [2.75, 3.05) is 26.8 Å². The third kappa shape index (κ3) is 3.11. The third-order valence-electron chi connectivity index (χ3n) is 3.93. The molecule has 2 rings (SSSR count). The lowest BCUT2D eigenvalue weighted by atomic mass is 9.88. The monoisotopic (exact) mass is 355 g/mol. The zero-order valence-electron chi connectivity index (χ0n) is 12.1. The summed E-state index contributed by atoms with van der Waals surface area (Å²) in [7, 11) is 1.48. The highest BCUT2D eigenvalue weighted by Crippen LogP contribution is 2.32. The summed E-state index contributed by atoms with van der Waals surface area (Å²) in [6, 6.07) is 5.40. The summed E-state index contributed by atoms with van der Waals surface area (Å²) in [6.07, 6.45) is 0.412. The molecule has 1 amide bonds. The van der Waals surface area contributed by atoms with Crippen molar-refractivity contribution in [1.29, 1.82) is 0 Å². The Morgan fingerprint density at radius 2 is 2.19 bits per heavy atom. The predicted octanol–water partition coefficient (Wildman–Crippen LogP) is 2.32. The van der Waals surface area contributed by atoms with Crippen molar-refractivity contribution < 1.29 is 19.4 Å². The van der Waals surface area contributed by atoms with E-state index in [0.717, 1.165) is 10.0 Å². The molecule has 0 saturated carbocycles. The molecule has 0 aliphatic carbocycles. The molecule has 0 radical (unpaired) electrons. The largest absolute Gasteiger partial charge is 0.481 e. The number of halogens is 1. The Labute approximate surface area is 132 Å². The number of aryl methyl sites for hydroxylation is 1. The molecule has 1 aliphatic heterocycles. The number of hydrogen-bond donors (Lipinski definition) is 1. The van der Waals surface area contributed by atoms with Gasteiger partial charge in [0.25, 0.3) is 5.91 Å². The highest BCUT2D eigenvalue weighted by Gasteiger charge is 2.46. The first kappa shape index (κ1) is 16.0. The van der Waals surface area contributed by atoms with Crippen molar-refractivity contribution in [2.45, 2.75) is 13.3 Å². The molecule has 1 N–H and O–H groups in total. The number of rotatable bonds is 4. The Hall–Kier alpha value is -1.40. The number of carboxylic acids is 1. The number of methoxy groups -OCH3 is 1. The molecule has 0 bridgehead atoms. The molecule has 1 heterocycles. The smallest absolute Gasteiger partial charge is 0.313 e. The van der Waals surface area contributed by atoms with Crippen molar-refractivity contribution in [3.8, 4) is 0 Å². The summed E-state index contributed by atoms with van der Waals surface area (Å²) >= 11 is 3.41. The minimum absolute atomic E-state index is 0.115. The Morgan fingerprint density at radius 1 is 1.48 bits per heavy atom. The molecule has 1 aliphatic rings. The van der Waals surface area contributed by atoms with E-state index in [9.17, 15) is 14.7 Å². The number of nitrogens with zero attached hydrogens (tertiary/aromatic N) is 1. The third-order valence-corrected chi connectivity index (χ3v) is 4.79. The van der Waals surface area contributed by atoms with E-state index in [1.165, 1.54) is 7.11 Å². The van der Waals surface area contributed by atoms with Gasteiger partial charge in [-0.2, -0.15) is 0 Å². The van der Waals surface area contributed by atoms with Gasteiger partial charge >= 0.3 is 5.97 Å². The van der Waals surface area contributed by atoms with Gasteiger partial charge in [0, 0.05) is 30.2 Å². The zero-order valence-corrected chi connectivity index (χ0v) is 13.6. The Kier molecular flexibility index (Phi) is 4.68. The van der Waals surface area contributed by atoms with Crippen molar-refractivity contribution in [3.63, 3.8) is 0 Å². The van der Waals surface area contributed by atoms with Gasteiger partial charge in [-0.1, -0.05) is 22.0 Å². The highest BCUT2D eigenvalue weighted by molar-refractivity contribution is 9.10. The van der Waals surface area contributed by atoms with Gasteiger partial charge in [-0.15, -0.1) is 0 Å². The summed E-state index contributed by atoms with van der Waals surface area (Å²) < 4.78 is 5.90. The molecule has 1 atom stereocenters. The fourth-order valence-electron chi connectivity index (χ4n) is 2.58. The first-order valence-electron chi connectivity index (χ1n) is 6.67. The van der Waals surface area contributed by atoms with Crippen molar-refractivity contribution in [2.24, 2.45) is 5.41 Å². The van der Waals surface area contributed by atoms with Crippen LogP contribution < -0.4 is 0 Å². The molecule has 1 aromatic rings. The maximum Gasteiger partial charge on any atom is 0.313 e. The quantitative estimate of drug-likeness (QED) is 0.899. The van der Waals surface area contributed by atoms with Gasteiger partial charge in [0.15, 0.2) is 0 Å². The van der Waals surface area contributed by atoms with E-state index >= 15 is 0 Å². The summed E-state index contributed by atoms with van der Waals surface area (Å²) in [6.45, 7) is 2.67. The van der Waals surface area contributed by atoms with Crippen molar-refractivity contribution in [1.82, 2.24) is 4.90 Å². The van der Waals surface area contributed by atoms with Crippen LogP contribution in [0.4, 0.5) is 0 Å². The summed E-state index contributed by atoms with van der Waals surface area (Å²) in [4.78, 5) is 25.6. The van der Waals surface area contributed by atoms with Gasteiger partial charge in [0.05, 0.1) is 6.61 Å². The molecule has 1 fully saturated rings. The van der Waals surface area contributed by atoms with Crippen LogP contribution in [-0.4, -0.2) is 48.7 Å². The van der Waals surface area contributed by atoms with E-state index in [2.05, 4.69) is 15.9 Å². The normalized spacial score (nSPS) is 21.6. The summed E-state index contributed by atoms with van der Waals surface area (Å²) in [5, 5.41) is 9.42. The van der Waals surface area contributed by atoms with E-state index in [1.807, 2.05) is 13.0 Å². The molecule has 1 saturated heterocycles. The maximum atomic E-state index is 12.5. The first-order chi connectivity index (χ1) is 9.89. The van der Waals surface area contributed by atoms with Crippen LogP contribution in [0.2, 0.25) is 0 Å². The van der Waals surface area contributed by atoms with E-state index in [4.69, 9.17) is 4.74 Å². The Balaban J connectivity index is 2.18. The number of carboxylic acid groups (broad SMARTS) is 1. The van der Waals surface area contributed by atoms with Gasteiger partial charge in [0.1, 0.15) is 5.41 Å². The second-order valence-corrected chi connectivity index (χ2v) is 6.31. The molecular formula is C15H18BrNO4. The van der Waals surface area contributed by atoms with Crippen LogP contribution in [0.5, 0.6) is 0 Å². The molecule has 6 heteroatoms.